The van der Waals surface area contributed by atoms with Crippen LogP contribution in [0.1, 0.15) is 361 Å². The van der Waals surface area contributed by atoms with Crippen molar-refractivity contribution in [3.05, 3.63) is 48.6 Å². The number of hydrogen-bond acceptors (Lipinski definition) is 6. The van der Waals surface area contributed by atoms with Crippen molar-refractivity contribution in [3.63, 3.8) is 0 Å². The zero-order valence-corrected chi connectivity index (χ0v) is 51.0. The zero-order valence-electron chi connectivity index (χ0n) is 51.0. The van der Waals surface area contributed by atoms with Crippen LogP contribution in [0.5, 0.6) is 0 Å². The van der Waals surface area contributed by atoms with Gasteiger partial charge in [0.2, 0.25) is 0 Å². The summed E-state index contributed by atoms with van der Waals surface area (Å²) >= 11 is 0. The van der Waals surface area contributed by atoms with Gasteiger partial charge in [0.15, 0.2) is 6.10 Å². The van der Waals surface area contributed by atoms with E-state index in [4.69, 9.17) is 14.2 Å². The van der Waals surface area contributed by atoms with Crippen LogP contribution < -0.4 is 0 Å². The van der Waals surface area contributed by atoms with E-state index in [1.54, 1.807) is 0 Å². The van der Waals surface area contributed by atoms with E-state index in [2.05, 4.69) is 69.4 Å². The molecule has 0 saturated carbocycles. The molecule has 0 aromatic heterocycles. The smallest absolute Gasteiger partial charge is 0.306 e. The number of esters is 3. The Kier molecular flexibility index (Phi) is 62.6. The van der Waals surface area contributed by atoms with Gasteiger partial charge in [0.05, 0.1) is 0 Å². The minimum atomic E-state index is -0.781. The molecule has 6 heteroatoms. The van der Waals surface area contributed by atoms with Crippen LogP contribution in [0.2, 0.25) is 0 Å². The molecule has 76 heavy (non-hydrogen) atoms. The van der Waals surface area contributed by atoms with Crippen molar-refractivity contribution < 1.29 is 28.6 Å². The quantitative estimate of drug-likeness (QED) is 0.0261. The van der Waals surface area contributed by atoms with E-state index in [0.29, 0.717) is 19.3 Å². The number of carbonyl (C=O) groups is 3. The van der Waals surface area contributed by atoms with E-state index in [0.717, 1.165) is 83.5 Å². The SMILES string of the molecule is CCCCCCC/C=C\C/C=C\C/C=C\CCCCCCCCC(=O)OCC(COC(=O)CCCCCCC/C=C\CCCCCCCCC)OC(=O)CCCCCCCCCCCCCCCCCCCCCCC. The summed E-state index contributed by atoms with van der Waals surface area (Å²) in [6.45, 7) is 6.67. The molecule has 0 N–H and O–H groups in total. The molecule has 0 amide bonds. The number of hydrogen-bond donors (Lipinski definition) is 0. The number of allylic oxidation sites excluding steroid dienone is 8. The first-order valence-electron chi connectivity index (χ1n) is 33.6. The van der Waals surface area contributed by atoms with Crippen LogP contribution in [0.15, 0.2) is 48.6 Å². The highest BCUT2D eigenvalue weighted by atomic mass is 16.6. The highest BCUT2D eigenvalue weighted by Crippen LogP contribution is 2.17. The Morgan fingerprint density at radius 2 is 0.474 bits per heavy atom. The van der Waals surface area contributed by atoms with E-state index >= 15 is 0 Å². The van der Waals surface area contributed by atoms with Gasteiger partial charge in [-0.05, 0) is 83.5 Å². The second kappa shape index (κ2) is 64.9. The van der Waals surface area contributed by atoms with Gasteiger partial charge in [0.25, 0.3) is 0 Å². The minimum absolute atomic E-state index is 0.0782. The molecule has 0 radical (unpaired) electrons. The normalized spacial score (nSPS) is 12.3. The lowest BCUT2D eigenvalue weighted by Gasteiger charge is -2.18. The average molecular weight is 1070 g/mol. The molecule has 0 heterocycles. The molecule has 0 aromatic carbocycles. The van der Waals surface area contributed by atoms with Crippen molar-refractivity contribution >= 4 is 17.9 Å². The predicted octanol–water partition coefficient (Wildman–Crippen LogP) is 22.9. The fourth-order valence-corrected chi connectivity index (χ4v) is 9.98. The van der Waals surface area contributed by atoms with Gasteiger partial charge in [-0.25, -0.2) is 0 Å². The molecule has 1 unspecified atom stereocenters. The van der Waals surface area contributed by atoms with Gasteiger partial charge in [-0.2, -0.15) is 0 Å². The highest BCUT2D eigenvalue weighted by Gasteiger charge is 2.19. The van der Waals surface area contributed by atoms with E-state index in [9.17, 15) is 14.4 Å². The van der Waals surface area contributed by atoms with Gasteiger partial charge in [0, 0.05) is 19.3 Å². The zero-order chi connectivity index (χ0) is 55.0. The van der Waals surface area contributed by atoms with Crippen LogP contribution >= 0.6 is 0 Å². The molecule has 0 aliphatic rings. The van der Waals surface area contributed by atoms with Gasteiger partial charge in [-0.3, -0.25) is 14.4 Å². The van der Waals surface area contributed by atoms with Gasteiger partial charge >= 0.3 is 17.9 Å². The van der Waals surface area contributed by atoms with Crippen molar-refractivity contribution in [2.24, 2.45) is 0 Å². The third-order valence-corrected chi connectivity index (χ3v) is 15.1. The number of unbranched alkanes of at least 4 members (excludes halogenated alkanes) is 43. The Morgan fingerprint density at radius 1 is 0.263 bits per heavy atom. The Labute approximate surface area is 473 Å². The maximum atomic E-state index is 12.9. The second-order valence-corrected chi connectivity index (χ2v) is 22.7. The van der Waals surface area contributed by atoms with Crippen molar-refractivity contribution in [1.82, 2.24) is 0 Å². The van der Waals surface area contributed by atoms with Gasteiger partial charge in [-0.15, -0.1) is 0 Å². The van der Waals surface area contributed by atoms with E-state index in [1.165, 1.54) is 238 Å². The first kappa shape index (κ1) is 73.4. The van der Waals surface area contributed by atoms with Crippen molar-refractivity contribution in [3.8, 4) is 0 Å². The molecule has 6 nitrogen and oxygen atoms in total. The molecule has 0 spiro atoms. The highest BCUT2D eigenvalue weighted by molar-refractivity contribution is 5.71. The van der Waals surface area contributed by atoms with Crippen LogP contribution in [-0.2, 0) is 28.6 Å². The molecule has 0 aromatic rings. The summed E-state index contributed by atoms with van der Waals surface area (Å²) in [5.41, 5.74) is 0. The van der Waals surface area contributed by atoms with Gasteiger partial charge in [0.1, 0.15) is 13.2 Å². The minimum Gasteiger partial charge on any atom is -0.462 e. The molecule has 0 saturated heterocycles. The fraction of sp³-hybridized carbons (Fsp3) is 0.843. The van der Waals surface area contributed by atoms with Crippen LogP contribution in [-0.4, -0.2) is 37.2 Å². The summed E-state index contributed by atoms with van der Waals surface area (Å²) < 4.78 is 17.0. The Hall–Kier alpha value is -2.63. The molecular formula is C70H128O6. The molecule has 1 atom stereocenters. The fourth-order valence-electron chi connectivity index (χ4n) is 9.98. The lowest BCUT2D eigenvalue weighted by atomic mass is 10.0. The Morgan fingerprint density at radius 3 is 0.750 bits per heavy atom. The van der Waals surface area contributed by atoms with Gasteiger partial charge < -0.3 is 14.2 Å². The summed E-state index contributed by atoms with van der Waals surface area (Å²) in [6.07, 6.45) is 81.2. The number of carbonyl (C=O) groups excluding carboxylic acids is 3. The lowest BCUT2D eigenvalue weighted by Crippen LogP contribution is -2.30. The van der Waals surface area contributed by atoms with Crippen molar-refractivity contribution in [2.45, 2.75) is 367 Å². The van der Waals surface area contributed by atoms with Crippen molar-refractivity contribution in [1.29, 1.82) is 0 Å². The van der Waals surface area contributed by atoms with Crippen LogP contribution in [0.4, 0.5) is 0 Å². The maximum absolute atomic E-state index is 12.9. The number of rotatable bonds is 62. The summed E-state index contributed by atoms with van der Waals surface area (Å²) in [5.74, 6) is -0.874. The Bertz CT molecular complexity index is 1310. The van der Waals surface area contributed by atoms with E-state index in [1.807, 2.05) is 0 Å². The first-order valence-corrected chi connectivity index (χ1v) is 33.6. The summed E-state index contributed by atoms with van der Waals surface area (Å²) in [7, 11) is 0. The van der Waals surface area contributed by atoms with Crippen molar-refractivity contribution in [2.75, 3.05) is 13.2 Å². The van der Waals surface area contributed by atoms with Gasteiger partial charge in [-0.1, -0.05) is 307 Å². The van der Waals surface area contributed by atoms with E-state index < -0.39 is 6.10 Å². The summed E-state index contributed by atoms with van der Waals surface area (Å²) in [5, 5.41) is 0. The molecule has 444 valence electrons. The molecule has 0 fully saturated rings. The first-order chi connectivity index (χ1) is 37.5. The summed E-state index contributed by atoms with van der Waals surface area (Å²) in [6, 6.07) is 0. The van der Waals surface area contributed by atoms with E-state index in [-0.39, 0.29) is 31.1 Å². The molecular weight excluding hydrogens is 937 g/mol. The standard InChI is InChI=1S/C70H128O6/c1-4-7-10-13-16-19-22-25-28-31-33-35-37-39-42-45-48-51-54-57-60-63-69(72)75-66-67(65-74-68(71)62-59-56-53-50-47-44-41-30-27-24-21-18-15-12-9-6-3)76-70(73)64-61-58-55-52-49-46-43-40-38-36-34-32-29-26-23-20-17-14-11-8-5-2/h22,25,30-31,33,37,39,41,67H,4-21,23-24,26-29,32,34-36,38,40,42-66H2,1-3H3/b25-22-,33-31-,39-37-,41-30-. The third kappa shape index (κ3) is 62.2. The molecule has 0 aliphatic carbocycles. The summed E-state index contributed by atoms with van der Waals surface area (Å²) in [4.78, 5) is 38.4. The number of ether oxygens (including phenoxy) is 3. The maximum Gasteiger partial charge on any atom is 0.306 e. The topological polar surface area (TPSA) is 78.9 Å². The van der Waals surface area contributed by atoms with Crippen LogP contribution in [0.3, 0.4) is 0 Å². The molecule has 0 aliphatic heterocycles. The van der Waals surface area contributed by atoms with Crippen LogP contribution in [0, 0.1) is 0 Å². The molecule has 0 rings (SSSR count). The second-order valence-electron chi connectivity index (χ2n) is 22.7. The van der Waals surface area contributed by atoms with Crippen LogP contribution in [0.25, 0.3) is 0 Å². The average Bonchev–Trinajstić information content (AvgIpc) is 3.42. The third-order valence-electron chi connectivity index (χ3n) is 15.1. The monoisotopic (exact) mass is 1060 g/mol. The largest absolute Gasteiger partial charge is 0.462 e. The lowest BCUT2D eigenvalue weighted by molar-refractivity contribution is -0.167. The Balaban J connectivity index is 4.36. The molecule has 0 bridgehead atoms. The predicted molar refractivity (Wildman–Crippen MR) is 330 cm³/mol.